The van der Waals surface area contributed by atoms with Gasteiger partial charge in [-0.05, 0) is 30.5 Å². The normalized spacial score (nSPS) is 15.3. The summed E-state index contributed by atoms with van der Waals surface area (Å²) in [7, 11) is 0. The molecular weight excluding hydrogens is 317 g/mol. The highest BCUT2D eigenvalue weighted by molar-refractivity contribution is 5.99. The molecule has 2 rings (SSSR count). The van der Waals surface area contributed by atoms with Gasteiger partial charge in [0.25, 0.3) is 5.91 Å². The molecule has 1 aromatic carbocycles. The third-order valence-corrected chi connectivity index (χ3v) is 3.67. The van der Waals surface area contributed by atoms with Gasteiger partial charge in [-0.25, -0.2) is 14.0 Å². The number of benzene rings is 1. The zero-order valence-corrected chi connectivity index (χ0v) is 13.5. The number of nitrogens with zero attached hydrogens (tertiary/aromatic N) is 1. The van der Waals surface area contributed by atoms with Crippen LogP contribution in [0, 0.1) is 11.7 Å². The van der Waals surface area contributed by atoms with Crippen LogP contribution in [0.2, 0.25) is 0 Å². The van der Waals surface area contributed by atoms with Gasteiger partial charge in [0.2, 0.25) is 0 Å². The first-order chi connectivity index (χ1) is 11.3. The summed E-state index contributed by atoms with van der Waals surface area (Å²) >= 11 is 0. The van der Waals surface area contributed by atoms with Crippen LogP contribution in [0.25, 0.3) is 0 Å². The zero-order valence-electron chi connectivity index (χ0n) is 13.5. The largest absolute Gasteiger partial charge is 0.480 e. The standard InChI is InChI=1S/C16H20FN3O4/c1-9(2)7-13(15(22)23)19-14(21)11-8-10(3-4-12(11)17)20-6-5-18-16(20)24/h3-4,8-9,13H,5-7H2,1-2H3,(H,18,24)(H,19,21)(H,22,23)/t13-/m1/s1. The maximum atomic E-state index is 14.0. The van der Waals surface area contributed by atoms with Gasteiger partial charge in [0.1, 0.15) is 11.9 Å². The van der Waals surface area contributed by atoms with Crippen LogP contribution in [0.15, 0.2) is 18.2 Å². The number of halogens is 1. The molecule has 8 heteroatoms. The fraction of sp³-hybridized carbons (Fsp3) is 0.438. The summed E-state index contributed by atoms with van der Waals surface area (Å²) < 4.78 is 14.0. The molecular formula is C16H20FN3O4. The molecule has 0 bridgehead atoms. The maximum absolute atomic E-state index is 14.0. The summed E-state index contributed by atoms with van der Waals surface area (Å²) in [5, 5.41) is 14.1. The van der Waals surface area contributed by atoms with Crippen LogP contribution in [-0.4, -0.2) is 42.1 Å². The average molecular weight is 337 g/mol. The van der Waals surface area contributed by atoms with Crippen molar-refractivity contribution in [2.75, 3.05) is 18.0 Å². The van der Waals surface area contributed by atoms with Gasteiger partial charge in [-0.2, -0.15) is 0 Å². The third kappa shape index (κ3) is 4.01. The van der Waals surface area contributed by atoms with Gasteiger partial charge in [0.15, 0.2) is 0 Å². The molecule has 130 valence electrons. The van der Waals surface area contributed by atoms with E-state index in [2.05, 4.69) is 10.6 Å². The van der Waals surface area contributed by atoms with E-state index in [1.165, 1.54) is 17.0 Å². The zero-order chi connectivity index (χ0) is 17.9. The molecule has 1 aliphatic heterocycles. The topological polar surface area (TPSA) is 98.7 Å². The first kappa shape index (κ1) is 17.7. The molecule has 1 heterocycles. The number of carboxylic acid groups (broad SMARTS) is 1. The Morgan fingerprint density at radius 3 is 2.67 bits per heavy atom. The minimum Gasteiger partial charge on any atom is -0.480 e. The van der Waals surface area contributed by atoms with Gasteiger partial charge in [-0.1, -0.05) is 13.8 Å². The number of carboxylic acids is 1. The summed E-state index contributed by atoms with van der Waals surface area (Å²) in [6.45, 7) is 4.54. The molecule has 0 aliphatic carbocycles. The smallest absolute Gasteiger partial charge is 0.326 e. The second-order valence-corrected chi connectivity index (χ2v) is 6.04. The predicted octanol–water partition coefficient (Wildman–Crippen LogP) is 1.58. The lowest BCUT2D eigenvalue weighted by Crippen LogP contribution is -2.42. The Bertz CT molecular complexity index is 663. The Morgan fingerprint density at radius 1 is 1.42 bits per heavy atom. The molecule has 1 atom stereocenters. The Morgan fingerprint density at radius 2 is 2.12 bits per heavy atom. The second-order valence-electron chi connectivity index (χ2n) is 6.04. The number of urea groups is 1. The number of aliphatic carboxylic acids is 1. The van der Waals surface area contributed by atoms with Crippen LogP contribution in [-0.2, 0) is 4.79 Å². The summed E-state index contributed by atoms with van der Waals surface area (Å²) in [5.41, 5.74) is 0.0921. The Kier molecular flexibility index (Phi) is 5.38. The summed E-state index contributed by atoms with van der Waals surface area (Å²) in [4.78, 5) is 36.6. The van der Waals surface area contributed by atoms with Gasteiger partial charge >= 0.3 is 12.0 Å². The van der Waals surface area contributed by atoms with Gasteiger partial charge in [0, 0.05) is 18.8 Å². The number of hydrogen-bond acceptors (Lipinski definition) is 3. The SMILES string of the molecule is CC(C)C[C@@H](NC(=O)c1cc(N2CCNC2=O)ccc1F)C(=O)O. The third-order valence-electron chi connectivity index (χ3n) is 3.67. The Hall–Kier alpha value is -2.64. The van der Waals surface area contributed by atoms with E-state index in [-0.39, 0.29) is 23.9 Å². The number of anilines is 1. The number of amides is 3. The molecule has 7 nitrogen and oxygen atoms in total. The van der Waals surface area contributed by atoms with E-state index in [0.29, 0.717) is 18.8 Å². The molecule has 1 aliphatic rings. The van der Waals surface area contributed by atoms with Crippen molar-refractivity contribution in [1.29, 1.82) is 0 Å². The van der Waals surface area contributed by atoms with Gasteiger partial charge in [-0.3, -0.25) is 9.69 Å². The Labute approximate surface area is 138 Å². The maximum Gasteiger partial charge on any atom is 0.326 e. The minimum atomic E-state index is -1.17. The minimum absolute atomic E-state index is 0.0517. The highest BCUT2D eigenvalue weighted by atomic mass is 19.1. The molecule has 0 unspecified atom stereocenters. The predicted molar refractivity (Wildman–Crippen MR) is 85.5 cm³/mol. The fourth-order valence-electron chi connectivity index (χ4n) is 2.50. The lowest BCUT2D eigenvalue weighted by molar-refractivity contribution is -0.139. The summed E-state index contributed by atoms with van der Waals surface area (Å²) in [6.07, 6.45) is 0.233. The van der Waals surface area contributed by atoms with Crippen molar-refractivity contribution in [3.63, 3.8) is 0 Å². The van der Waals surface area contributed by atoms with E-state index in [0.717, 1.165) is 6.07 Å². The summed E-state index contributed by atoms with van der Waals surface area (Å²) in [5.74, 6) is -2.71. The first-order valence-electron chi connectivity index (χ1n) is 7.68. The van der Waals surface area contributed by atoms with E-state index in [1.807, 2.05) is 13.8 Å². The number of hydrogen-bond donors (Lipinski definition) is 3. The van der Waals surface area contributed by atoms with Gasteiger partial charge in [-0.15, -0.1) is 0 Å². The molecule has 24 heavy (non-hydrogen) atoms. The monoisotopic (exact) mass is 337 g/mol. The van der Waals surface area contributed by atoms with Crippen LogP contribution in [0.1, 0.15) is 30.6 Å². The molecule has 1 fully saturated rings. The van der Waals surface area contributed by atoms with Crippen molar-refractivity contribution in [1.82, 2.24) is 10.6 Å². The number of carbonyl (C=O) groups is 3. The van der Waals surface area contributed by atoms with Crippen molar-refractivity contribution >= 4 is 23.6 Å². The first-order valence-corrected chi connectivity index (χ1v) is 7.68. The molecule has 0 radical (unpaired) electrons. The number of nitrogens with one attached hydrogen (secondary N) is 2. The molecule has 0 spiro atoms. The van der Waals surface area contributed by atoms with Gasteiger partial charge in [0.05, 0.1) is 5.56 Å². The highest BCUT2D eigenvalue weighted by Gasteiger charge is 2.26. The van der Waals surface area contributed by atoms with E-state index in [1.54, 1.807) is 0 Å². The molecule has 3 amide bonds. The van der Waals surface area contributed by atoms with Crippen molar-refractivity contribution in [3.8, 4) is 0 Å². The van der Waals surface area contributed by atoms with Crippen molar-refractivity contribution < 1.29 is 23.9 Å². The van der Waals surface area contributed by atoms with E-state index >= 15 is 0 Å². The van der Waals surface area contributed by atoms with Crippen molar-refractivity contribution in [3.05, 3.63) is 29.6 Å². The van der Waals surface area contributed by atoms with E-state index in [4.69, 9.17) is 0 Å². The number of carbonyl (C=O) groups excluding carboxylic acids is 2. The average Bonchev–Trinajstić information content (AvgIpc) is 2.92. The lowest BCUT2D eigenvalue weighted by atomic mass is 10.0. The molecule has 0 aromatic heterocycles. The van der Waals surface area contributed by atoms with Crippen LogP contribution in [0.5, 0.6) is 0 Å². The van der Waals surface area contributed by atoms with Crippen LogP contribution in [0.3, 0.4) is 0 Å². The highest BCUT2D eigenvalue weighted by Crippen LogP contribution is 2.21. The molecule has 3 N–H and O–H groups in total. The van der Waals surface area contributed by atoms with Crippen molar-refractivity contribution in [2.45, 2.75) is 26.3 Å². The quantitative estimate of drug-likeness (QED) is 0.734. The lowest BCUT2D eigenvalue weighted by Gasteiger charge is -2.18. The molecule has 1 aromatic rings. The van der Waals surface area contributed by atoms with Crippen molar-refractivity contribution in [2.24, 2.45) is 5.92 Å². The van der Waals surface area contributed by atoms with Crippen LogP contribution in [0.4, 0.5) is 14.9 Å². The Balaban J connectivity index is 2.21. The molecule has 0 saturated carbocycles. The van der Waals surface area contributed by atoms with E-state index in [9.17, 15) is 23.9 Å². The van der Waals surface area contributed by atoms with Crippen LogP contribution >= 0.6 is 0 Å². The van der Waals surface area contributed by atoms with Gasteiger partial charge < -0.3 is 15.7 Å². The van der Waals surface area contributed by atoms with Crippen LogP contribution < -0.4 is 15.5 Å². The van der Waals surface area contributed by atoms with E-state index < -0.39 is 23.7 Å². The fourth-order valence-corrected chi connectivity index (χ4v) is 2.50. The second kappa shape index (κ2) is 7.29. The summed E-state index contributed by atoms with van der Waals surface area (Å²) in [6, 6.07) is 2.32. The molecule has 1 saturated heterocycles. The number of rotatable bonds is 6.